The molecule has 0 amide bonds. The first-order valence-corrected chi connectivity index (χ1v) is 10.9. The molecule has 0 bridgehead atoms. The van der Waals surface area contributed by atoms with E-state index in [-0.39, 0.29) is 11.7 Å². The lowest BCUT2D eigenvalue weighted by Gasteiger charge is -2.26. The van der Waals surface area contributed by atoms with Gasteiger partial charge in [-0.25, -0.2) is 4.98 Å². The summed E-state index contributed by atoms with van der Waals surface area (Å²) in [5.41, 5.74) is 1.28. The van der Waals surface area contributed by atoms with Crippen LogP contribution in [0.15, 0.2) is 73.1 Å². The Kier molecular flexibility index (Phi) is 6.23. The van der Waals surface area contributed by atoms with Crippen LogP contribution in [-0.4, -0.2) is 26.9 Å². The number of aromatic nitrogens is 2. The van der Waals surface area contributed by atoms with Crippen LogP contribution in [-0.2, 0) is 5.60 Å². The van der Waals surface area contributed by atoms with Crippen molar-refractivity contribution in [1.82, 2.24) is 9.55 Å². The van der Waals surface area contributed by atoms with Gasteiger partial charge in [0.2, 0.25) is 0 Å². The van der Waals surface area contributed by atoms with E-state index >= 15 is 0 Å². The summed E-state index contributed by atoms with van der Waals surface area (Å²) in [6.45, 7) is 4.72. The van der Waals surface area contributed by atoms with Crippen LogP contribution >= 0.6 is 0 Å². The summed E-state index contributed by atoms with van der Waals surface area (Å²) in [4.78, 5) is 4.51. The van der Waals surface area contributed by atoms with Crippen LogP contribution in [0.1, 0.15) is 37.5 Å². The molecule has 1 aromatic heterocycles. The molecule has 0 fully saturated rings. The number of hydrogen-bond acceptors (Lipinski definition) is 3. The van der Waals surface area contributed by atoms with Crippen molar-refractivity contribution in [3.05, 3.63) is 89.7 Å². The van der Waals surface area contributed by atoms with E-state index in [1.165, 1.54) is 12.1 Å². The molecule has 4 rings (SSSR count). The summed E-state index contributed by atoms with van der Waals surface area (Å²) < 4.78 is 46.7. The minimum Gasteiger partial charge on any atom is -0.491 e. The number of fused-ring (bicyclic) bond motifs is 1. The Balaban J connectivity index is 1.52. The Morgan fingerprint density at radius 2 is 1.53 bits per heavy atom. The van der Waals surface area contributed by atoms with Gasteiger partial charge in [-0.05, 0) is 73.9 Å². The number of imidazole rings is 1. The first kappa shape index (κ1) is 23.6. The second-order valence-electron chi connectivity index (χ2n) is 8.55. The Hall–Kier alpha value is -3.58. The average molecular weight is 467 g/mol. The monoisotopic (exact) mass is 466 g/mol. The van der Waals surface area contributed by atoms with Crippen molar-refractivity contribution < 1.29 is 23.0 Å². The summed E-state index contributed by atoms with van der Waals surface area (Å²) in [6, 6.07) is 19.4. The van der Waals surface area contributed by atoms with Crippen molar-refractivity contribution in [3.8, 4) is 11.4 Å². The molecule has 34 heavy (non-hydrogen) atoms. The van der Waals surface area contributed by atoms with Gasteiger partial charge in [0.1, 0.15) is 12.1 Å². The van der Waals surface area contributed by atoms with Crippen molar-refractivity contribution in [2.45, 2.75) is 38.7 Å². The number of hydrogen-bond donors (Lipinski definition) is 1. The molecule has 1 atom stereocenters. The predicted octanol–water partition coefficient (Wildman–Crippen LogP) is 6.75. The lowest BCUT2D eigenvalue weighted by molar-refractivity contribution is -0.258. The fourth-order valence-corrected chi connectivity index (χ4v) is 3.57. The zero-order valence-electron chi connectivity index (χ0n) is 19.0. The van der Waals surface area contributed by atoms with Crippen LogP contribution < -0.4 is 4.74 Å². The zero-order chi connectivity index (χ0) is 24.5. The quantitative estimate of drug-likeness (QED) is 0.320. The van der Waals surface area contributed by atoms with E-state index in [2.05, 4.69) is 4.98 Å². The van der Waals surface area contributed by atoms with Crippen LogP contribution in [0.2, 0.25) is 0 Å². The number of benzene rings is 3. The van der Waals surface area contributed by atoms with E-state index in [4.69, 9.17) is 4.74 Å². The van der Waals surface area contributed by atoms with Crippen LogP contribution in [0.25, 0.3) is 28.9 Å². The van der Waals surface area contributed by atoms with Crippen LogP contribution in [0, 0.1) is 0 Å². The largest absolute Gasteiger partial charge is 0.491 e. The first-order valence-electron chi connectivity index (χ1n) is 10.9. The third kappa shape index (κ3) is 4.84. The Bertz CT molecular complexity index is 1300. The molecule has 4 nitrogen and oxygen atoms in total. The van der Waals surface area contributed by atoms with Crippen molar-refractivity contribution in [3.63, 3.8) is 0 Å². The summed E-state index contributed by atoms with van der Waals surface area (Å²) in [7, 11) is 0. The molecule has 4 aromatic rings. The predicted molar refractivity (Wildman–Crippen MR) is 128 cm³/mol. The molecule has 1 unspecified atom stereocenters. The van der Waals surface area contributed by atoms with Gasteiger partial charge in [0.05, 0.1) is 17.1 Å². The first-order chi connectivity index (χ1) is 16.0. The molecular formula is C27H25F3N2O2. The average Bonchev–Trinajstić information content (AvgIpc) is 3.20. The maximum absolute atomic E-state index is 13.0. The zero-order valence-corrected chi connectivity index (χ0v) is 19.0. The third-order valence-electron chi connectivity index (χ3n) is 5.55. The maximum Gasteiger partial charge on any atom is 0.421 e. The minimum atomic E-state index is -4.74. The molecule has 0 saturated carbocycles. The lowest BCUT2D eigenvalue weighted by Crippen LogP contribution is -2.39. The summed E-state index contributed by atoms with van der Waals surface area (Å²) >= 11 is 0. The van der Waals surface area contributed by atoms with Crippen molar-refractivity contribution in [2.24, 2.45) is 0 Å². The standard InChI is InChI=1S/C27H25F3N2O2/c1-18(2)34-23-13-11-22(12-14-23)32-17-31-24-16-20(8-15-25(24)32)5-4-19-6-9-21(10-7-19)26(3,33)27(28,29)30/h4-18,33H,1-3H3. The topological polar surface area (TPSA) is 47.3 Å². The molecule has 1 heterocycles. The maximum atomic E-state index is 13.0. The minimum absolute atomic E-state index is 0.110. The number of halogens is 3. The highest BCUT2D eigenvalue weighted by Gasteiger charge is 2.51. The molecule has 3 aromatic carbocycles. The van der Waals surface area contributed by atoms with Crippen LogP contribution in [0.4, 0.5) is 13.2 Å². The molecular weight excluding hydrogens is 441 g/mol. The summed E-state index contributed by atoms with van der Waals surface area (Å²) in [6.07, 6.45) is 0.805. The van der Waals surface area contributed by atoms with E-state index in [1.807, 2.05) is 67.0 Å². The molecule has 0 aliphatic carbocycles. The van der Waals surface area contributed by atoms with Crippen LogP contribution in [0.3, 0.4) is 0 Å². The number of rotatable bonds is 6. The number of alkyl halides is 3. The molecule has 0 aliphatic heterocycles. The fourth-order valence-electron chi connectivity index (χ4n) is 3.57. The summed E-state index contributed by atoms with van der Waals surface area (Å²) in [5.74, 6) is 0.811. The van der Waals surface area contributed by atoms with Gasteiger partial charge in [-0.2, -0.15) is 13.2 Å². The second kappa shape index (κ2) is 8.99. The van der Waals surface area contributed by atoms with Gasteiger partial charge in [-0.3, -0.25) is 4.57 Å². The second-order valence-corrected chi connectivity index (χ2v) is 8.55. The molecule has 7 heteroatoms. The van der Waals surface area contributed by atoms with Gasteiger partial charge in [0.15, 0.2) is 5.60 Å². The van der Waals surface area contributed by atoms with E-state index < -0.39 is 11.8 Å². The number of nitrogens with zero attached hydrogens (tertiary/aromatic N) is 2. The highest BCUT2D eigenvalue weighted by Crippen LogP contribution is 2.38. The van der Waals surface area contributed by atoms with E-state index in [1.54, 1.807) is 24.5 Å². The highest BCUT2D eigenvalue weighted by atomic mass is 19.4. The highest BCUT2D eigenvalue weighted by molar-refractivity contribution is 5.82. The Labute approximate surface area is 196 Å². The molecule has 0 radical (unpaired) electrons. The van der Waals surface area contributed by atoms with Gasteiger partial charge in [-0.1, -0.05) is 42.5 Å². The van der Waals surface area contributed by atoms with Crippen molar-refractivity contribution in [2.75, 3.05) is 0 Å². The molecule has 0 saturated heterocycles. The van der Waals surface area contributed by atoms with E-state index in [9.17, 15) is 18.3 Å². The number of aliphatic hydroxyl groups is 1. The van der Waals surface area contributed by atoms with Gasteiger partial charge < -0.3 is 9.84 Å². The van der Waals surface area contributed by atoms with E-state index in [0.29, 0.717) is 0 Å². The normalized spacial score (nSPS) is 14.1. The Morgan fingerprint density at radius 1 is 0.912 bits per heavy atom. The molecule has 176 valence electrons. The summed E-state index contributed by atoms with van der Waals surface area (Å²) in [5, 5.41) is 9.80. The van der Waals surface area contributed by atoms with Crippen molar-refractivity contribution >= 4 is 23.2 Å². The Morgan fingerprint density at radius 3 is 2.15 bits per heavy atom. The SMILES string of the molecule is CC(C)Oc1ccc(-n2cnc3cc(C=Cc4ccc(C(C)(O)C(F)(F)F)cc4)ccc32)cc1. The van der Waals surface area contributed by atoms with Gasteiger partial charge in [-0.15, -0.1) is 0 Å². The van der Waals surface area contributed by atoms with E-state index in [0.717, 1.165) is 40.5 Å². The van der Waals surface area contributed by atoms with Crippen molar-refractivity contribution in [1.29, 1.82) is 0 Å². The lowest BCUT2D eigenvalue weighted by atomic mass is 9.94. The fraction of sp³-hybridized carbons (Fsp3) is 0.222. The third-order valence-corrected chi connectivity index (χ3v) is 5.55. The van der Waals surface area contributed by atoms with Gasteiger partial charge in [0.25, 0.3) is 0 Å². The smallest absolute Gasteiger partial charge is 0.421 e. The molecule has 1 N–H and O–H groups in total. The van der Waals surface area contributed by atoms with Gasteiger partial charge >= 0.3 is 6.18 Å². The number of ether oxygens (including phenoxy) is 1. The van der Waals surface area contributed by atoms with Gasteiger partial charge in [0, 0.05) is 5.69 Å². The molecule has 0 aliphatic rings. The van der Waals surface area contributed by atoms with Crippen LogP contribution in [0.5, 0.6) is 5.75 Å². The molecule has 0 spiro atoms.